The number of ether oxygens (including phenoxy) is 1. The van der Waals surface area contributed by atoms with Gasteiger partial charge in [-0.2, -0.15) is 0 Å². The van der Waals surface area contributed by atoms with Crippen LogP contribution in [0.15, 0.2) is 24.3 Å². The summed E-state index contributed by atoms with van der Waals surface area (Å²) in [6.45, 7) is 2.01. The van der Waals surface area contributed by atoms with E-state index in [9.17, 15) is 4.79 Å². The highest BCUT2D eigenvalue weighted by molar-refractivity contribution is 7.15. The molecule has 1 aliphatic carbocycles. The van der Waals surface area contributed by atoms with Crippen LogP contribution < -0.4 is 10.1 Å². The molecule has 1 heterocycles. The Morgan fingerprint density at radius 1 is 1.35 bits per heavy atom. The molecule has 0 atom stereocenters. The normalized spacial score (nSPS) is 13.8. The van der Waals surface area contributed by atoms with Crippen molar-refractivity contribution in [1.29, 1.82) is 0 Å². The van der Waals surface area contributed by atoms with Crippen LogP contribution in [0.5, 0.6) is 5.75 Å². The molecule has 0 saturated carbocycles. The van der Waals surface area contributed by atoms with Crippen LogP contribution in [0.25, 0.3) is 6.08 Å². The second-order valence-corrected chi connectivity index (χ2v) is 6.75. The highest BCUT2D eigenvalue weighted by Crippen LogP contribution is 2.29. The molecular formula is C18H20N2O2S. The van der Waals surface area contributed by atoms with Crippen molar-refractivity contribution < 1.29 is 9.53 Å². The first-order valence-electron chi connectivity index (χ1n) is 7.78. The molecule has 4 nitrogen and oxygen atoms in total. The lowest BCUT2D eigenvalue weighted by atomic mass is 10.0. The lowest BCUT2D eigenvalue weighted by molar-refractivity contribution is -0.111. The van der Waals surface area contributed by atoms with Crippen molar-refractivity contribution >= 4 is 28.5 Å². The van der Waals surface area contributed by atoms with Gasteiger partial charge in [-0.1, -0.05) is 11.6 Å². The zero-order chi connectivity index (χ0) is 16.2. The Morgan fingerprint density at radius 2 is 2.17 bits per heavy atom. The number of amides is 1. The molecule has 23 heavy (non-hydrogen) atoms. The molecule has 0 fully saturated rings. The van der Waals surface area contributed by atoms with Crippen LogP contribution in [-0.4, -0.2) is 18.0 Å². The van der Waals surface area contributed by atoms with Crippen LogP contribution in [0, 0.1) is 6.92 Å². The Kier molecular flexibility index (Phi) is 4.76. The van der Waals surface area contributed by atoms with Gasteiger partial charge in [-0.15, -0.1) is 11.3 Å². The van der Waals surface area contributed by atoms with Crippen molar-refractivity contribution in [2.24, 2.45) is 0 Å². The van der Waals surface area contributed by atoms with Crippen molar-refractivity contribution in [1.82, 2.24) is 4.98 Å². The number of thiazole rings is 1. The number of nitrogens with one attached hydrogen (secondary N) is 1. The largest absolute Gasteiger partial charge is 0.496 e. The van der Waals surface area contributed by atoms with E-state index in [0.717, 1.165) is 35.4 Å². The van der Waals surface area contributed by atoms with Gasteiger partial charge in [0.15, 0.2) is 5.13 Å². The number of nitrogens with zero attached hydrogens (tertiary/aromatic N) is 1. The van der Waals surface area contributed by atoms with Crippen LogP contribution >= 0.6 is 11.3 Å². The smallest absolute Gasteiger partial charge is 0.250 e. The number of rotatable bonds is 4. The Labute approximate surface area is 140 Å². The molecule has 0 spiro atoms. The van der Waals surface area contributed by atoms with Gasteiger partial charge < -0.3 is 4.74 Å². The molecule has 5 heteroatoms. The van der Waals surface area contributed by atoms with E-state index in [1.807, 2.05) is 25.1 Å². The minimum Gasteiger partial charge on any atom is -0.496 e. The lowest BCUT2D eigenvalue weighted by Gasteiger charge is -2.06. The minimum atomic E-state index is -0.167. The summed E-state index contributed by atoms with van der Waals surface area (Å²) in [4.78, 5) is 17.9. The number of carbonyl (C=O) groups is 1. The molecule has 2 aromatic rings. The van der Waals surface area contributed by atoms with Crippen LogP contribution in [0.4, 0.5) is 5.13 Å². The Morgan fingerprint density at radius 3 is 2.96 bits per heavy atom. The fraction of sp³-hybridized carbons (Fsp3) is 0.333. The third-order valence-electron chi connectivity index (χ3n) is 3.88. The summed E-state index contributed by atoms with van der Waals surface area (Å²) in [6.07, 6.45) is 7.82. The fourth-order valence-corrected chi connectivity index (χ4v) is 3.75. The topological polar surface area (TPSA) is 51.2 Å². The number of hydrogen-bond acceptors (Lipinski definition) is 4. The van der Waals surface area contributed by atoms with Crippen LogP contribution in [0.2, 0.25) is 0 Å². The highest BCUT2D eigenvalue weighted by Gasteiger charge is 2.15. The number of benzene rings is 1. The molecular weight excluding hydrogens is 308 g/mol. The monoisotopic (exact) mass is 328 g/mol. The van der Waals surface area contributed by atoms with E-state index in [0.29, 0.717) is 5.13 Å². The number of aromatic nitrogens is 1. The molecule has 1 aliphatic rings. The summed E-state index contributed by atoms with van der Waals surface area (Å²) in [7, 11) is 1.63. The molecule has 0 unspecified atom stereocenters. The van der Waals surface area contributed by atoms with Gasteiger partial charge in [0.05, 0.1) is 12.8 Å². The van der Waals surface area contributed by atoms with Gasteiger partial charge in [0.25, 0.3) is 0 Å². The van der Waals surface area contributed by atoms with E-state index >= 15 is 0 Å². The molecule has 0 bridgehead atoms. The van der Waals surface area contributed by atoms with E-state index in [2.05, 4.69) is 10.3 Å². The highest BCUT2D eigenvalue weighted by atomic mass is 32.1. The van der Waals surface area contributed by atoms with Gasteiger partial charge in [-0.25, -0.2) is 4.98 Å². The molecule has 0 radical (unpaired) electrons. The van der Waals surface area contributed by atoms with Crippen LogP contribution in [-0.2, 0) is 17.6 Å². The third kappa shape index (κ3) is 3.79. The van der Waals surface area contributed by atoms with Crippen molar-refractivity contribution in [2.45, 2.75) is 32.6 Å². The fourth-order valence-electron chi connectivity index (χ4n) is 2.70. The Hall–Kier alpha value is -2.14. The number of carbonyl (C=O) groups excluding carboxylic acids is 1. The lowest BCUT2D eigenvalue weighted by Crippen LogP contribution is -2.07. The van der Waals surface area contributed by atoms with Crippen LogP contribution in [0.1, 0.15) is 34.5 Å². The summed E-state index contributed by atoms with van der Waals surface area (Å²) in [5.41, 5.74) is 3.17. The summed E-state index contributed by atoms with van der Waals surface area (Å²) < 4.78 is 5.31. The van der Waals surface area contributed by atoms with Crippen molar-refractivity contribution in [2.75, 3.05) is 12.4 Å². The van der Waals surface area contributed by atoms with Crippen LogP contribution in [0.3, 0.4) is 0 Å². The van der Waals surface area contributed by atoms with Gasteiger partial charge in [0.2, 0.25) is 5.91 Å². The molecule has 0 aliphatic heterocycles. The maximum Gasteiger partial charge on any atom is 0.250 e. The zero-order valence-corrected chi connectivity index (χ0v) is 14.2. The molecule has 3 rings (SSSR count). The maximum absolute atomic E-state index is 12.1. The summed E-state index contributed by atoms with van der Waals surface area (Å²) >= 11 is 1.59. The van der Waals surface area contributed by atoms with Gasteiger partial charge in [-0.3, -0.25) is 10.1 Å². The quantitative estimate of drug-likeness (QED) is 0.863. The molecule has 1 amide bonds. The number of aryl methyl sites for hydroxylation is 3. The second kappa shape index (κ2) is 6.96. The Bertz CT molecular complexity index is 726. The molecule has 1 aromatic carbocycles. The number of hydrogen-bond donors (Lipinski definition) is 1. The molecule has 120 valence electrons. The van der Waals surface area contributed by atoms with E-state index in [1.165, 1.54) is 23.8 Å². The summed E-state index contributed by atoms with van der Waals surface area (Å²) in [5.74, 6) is 0.587. The van der Waals surface area contributed by atoms with Gasteiger partial charge in [-0.05, 0) is 50.8 Å². The Balaban J connectivity index is 1.69. The number of methoxy groups -OCH3 is 1. The molecule has 1 N–H and O–H groups in total. The van der Waals surface area contributed by atoms with E-state index in [-0.39, 0.29) is 5.91 Å². The summed E-state index contributed by atoms with van der Waals surface area (Å²) in [6, 6.07) is 5.88. The number of fused-ring (bicyclic) bond motifs is 1. The SMILES string of the molecule is COc1ccc(C)cc1/C=C/C(=O)Nc1nc2c(s1)CCCC2. The van der Waals surface area contributed by atoms with Crippen molar-refractivity contribution in [3.63, 3.8) is 0 Å². The second-order valence-electron chi connectivity index (χ2n) is 5.66. The first-order valence-corrected chi connectivity index (χ1v) is 8.59. The standard InChI is InChI=1S/C18H20N2O2S/c1-12-7-9-15(22-2)13(11-12)8-10-17(21)20-18-19-14-5-3-4-6-16(14)23-18/h7-11H,3-6H2,1-2H3,(H,19,20,21)/b10-8+. The van der Waals surface area contributed by atoms with E-state index in [4.69, 9.17) is 4.74 Å². The van der Waals surface area contributed by atoms with E-state index < -0.39 is 0 Å². The van der Waals surface area contributed by atoms with Crippen molar-refractivity contribution in [3.05, 3.63) is 46.0 Å². The maximum atomic E-state index is 12.1. The average Bonchev–Trinajstić information content (AvgIpc) is 2.95. The third-order valence-corrected chi connectivity index (χ3v) is 4.95. The molecule has 1 aromatic heterocycles. The zero-order valence-electron chi connectivity index (χ0n) is 13.4. The van der Waals surface area contributed by atoms with E-state index in [1.54, 1.807) is 24.5 Å². The summed E-state index contributed by atoms with van der Waals surface area (Å²) in [5, 5.41) is 3.56. The predicted molar refractivity (Wildman–Crippen MR) is 94.2 cm³/mol. The molecule has 0 saturated heterocycles. The average molecular weight is 328 g/mol. The number of anilines is 1. The minimum absolute atomic E-state index is 0.167. The predicted octanol–water partition coefficient (Wildman–Crippen LogP) is 3.99. The van der Waals surface area contributed by atoms with Crippen molar-refractivity contribution in [3.8, 4) is 5.75 Å². The van der Waals surface area contributed by atoms with Gasteiger partial charge in [0.1, 0.15) is 5.75 Å². The van der Waals surface area contributed by atoms with Gasteiger partial charge >= 0.3 is 0 Å². The first kappa shape index (κ1) is 15.7. The first-order chi connectivity index (χ1) is 11.2. The van der Waals surface area contributed by atoms with Gasteiger partial charge in [0, 0.05) is 16.5 Å².